The SMILES string of the molecule is CC.CCC.CCCCCc1cc(OCN(C)CO)c(C)c(C)c1C.CN(COc1ccccc1)Cc1ccccc1O. The number of aliphatic hydroxyl groups is 1. The van der Waals surface area contributed by atoms with Crippen LogP contribution in [0.4, 0.5) is 0 Å². The van der Waals surface area contributed by atoms with Gasteiger partial charge in [0, 0.05) is 12.1 Å². The van der Waals surface area contributed by atoms with E-state index in [1.54, 1.807) is 11.0 Å². The Morgan fingerprint density at radius 1 is 0.698 bits per heavy atom. The Balaban J connectivity index is 0.000000716. The first-order valence-electron chi connectivity index (χ1n) is 15.8. The number of aliphatic hydroxyl groups excluding tert-OH is 1. The quantitative estimate of drug-likeness (QED) is 0.152. The molecule has 0 aliphatic heterocycles. The first-order chi connectivity index (χ1) is 20.7. The topological polar surface area (TPSA) is 65.4 Å². The van der Waals surface area contributed by atoms with E-state index in [0.717, 1.165) is 23.5 Å². The van der Waals surface area contributed by atoms with Gasteiger partial charge in [0.1, 0.15) is 30.7 Å². The zero-order valence-corrected chi connectivity index (χ0v) is 28.7. The summed E-state index contributed by atoms with van der Waals surface area (Å²) < 4.78 is 11.5. The standard InChI is InChI=1S/C17H29NO2.C15H17NO2.C3H8.C2H6/c1-6-7-8-9-16-10-17(20-12-18(5)11-19)15(4)13(2)14(16)3;1-16(11-13-7-5-6-10-15(13)17)12-18-14-8-3-2-4-9-14;1-3-2;1-2/h10,19H,6-9,11-12H2,1-5H3;2-10,17H,11-12H2,1H3;3H2,1-2H3;1-2H3. The zero-order chi connectivity index (χ0) is 32.6. The first kappa shape index (κ1) is 39.9. The van der Waals surface area contributed by atoms with Crippen LogP contribution in [0.5, 0.6) is 17.2 Å². The highest BCUT2D eigenvalue weighted by molar-refractivity contribution is 5.48. The van der Waals surface area contributed by atoms with Gasteiger partial charge in [0.15, 0.2) is 0 Å². The molecule has 6 nitrogen and oxygen atoms in total. The van der Waals surface area contributed by atoms with Gasteiger partial charge in [0.05, 0.1) is 6.73 Å². The Kier molecular flexibility index (Phi) is 22.7. The molecule has 6 heteroatoms. The summed E-state index contributed by atoms with van der Waals surface area (Å²) >= 11 is 0. The molecule has 0 saturated heterocycles. The third-order valence-corrected chi connectivity index (χ3v) is 6.64. The second kappa shape index (κ2) is 24.4. The first-order valence-corrected chi connectivity index (χ1v) is 15.8. The number of benzene rings is 3. The molecule has 0 aromatic heterocycles. The number of phenols is 1. The van der Waals surface area contributed by atoms with E-state index in [0.29, 0.717) is 25.8 Å². The summed E-state index contributed by atoms with van der Waals surface area (Å²) in [6.45, 7) is 18.5. The van der Waals surface area contributed by atoms with Crippen molar-refractivity contribution in [2.45, 2.75) is 94.0 Å². The third kappa shape index (κ3) is 16.4. The summed E-state index contributed by atoms with van der Waals surface area (Å²) in [4.78, 5) is 3.73. The van der Waals surface area contributed by atoms with E-state index in [1.165, 1.54) is 47.9 Å². The molecular formula is C37H60N2O4. The Hall–Kier alpha value is -3.06. The van der Waals surface area contributed by atoms with E-state index in [-0.39, 0.29) is 6.73 Å². The van der Waals surface area contributed by atoms with E-state index in [4.69, 9.17) is 14.6 Å². The van der Waals surface area contributed by atoms with Crippen molar-refractivity contribution in [3.05, 3.63) is 88.5 Å². The molecule has 3 aromatic carbocycles. The predicted octanol–water partition coefficient (Wildman–Crippen LogP) is 8.87. The lowest BCUT2D eigenvalue weighted by Gasteiger charge is -2.19. The third-order valence-electron chi connectivity index (χ3n) is 6.64. The highest BCUT2D eigenvalue weighted by Crippen LogP contribution is 2.28. The second-order valence-electron chi connectivity index (χ2n) is 10.6. The van der Waals surface area contributed by atoms with Gasteiger partial charge in [-0.3, -0.25) is 9.80 Å². The van der Waals surface area contributed by atoms with E-state index < -0.39 is 0 Å². The van der Waals surface area contributed by atoms with Crippen LogP contribution in [0.3, 0.4) is 0 Å². The molecule has 0 fully saturated rings. The number of para-hydroxylation sites is 2. The molecule has 3 aromatic rings. The van der Waals surface area contributed by atoms with E-state index >= 15 is 0 Å². The van der Waals surface area contributed by atoms with E-state index in [1.807, 2.05) is 81.4 Å². The molecule has 0 aliphatic rings. The van der Waals surface area contributed by atoms with Gasteiger partial charge >= 0.3 is 0 Å². The predicted molar refractivity (Wildman–Crippen MR) is 183 cm³/mol. The van der Waals surface area contributed by atoms with Gasteiger partial charge in [0.25, 0.3) is 0 Å². The maximum Gasteiger partial charge on any atom is 0.143 e. The van der Waals surface area contributed by atoms with Crippen LogP contribution in [-0.4, -0.2) is 54.3 Å². The number of aromatic hydroxyl groups is 1. The molecule has 0 heterocycles. The molecule has 3 rings (SSSR count). The summed E-state index contributed by atoms with van der Waals surface area (Å²) in [6, 6.07) is 19.2. The molecule has 2 N–H and O–H groups in total. The van der Waals surface area contributed by atoms with Crippen molar-refractivity contribution < 1.29 is 19.7 Å². The number of aryl methyl sites for hydroxylation is 1. The summed E-state index contributed by atoms with van der Waals surface area (Å²) in [5.74, 6) is 2.12. The van der Waals surface area contributed by atoms with Gasteiger partial charge in [0.2, 0.25) is 0 Å². The highest BCUT2D eigenvalue weighted by Gasteiger charge is 2.11. The van der Waals surface area contributed by atoms with Crippen molar-refractivity contribution in [1.29, 1.82) is 0 Å². The Bertz CT molecular complexity index is 1110. The fourth-order valence-corrected chi connectivity index (χ4v) is 3.96. The van der Waals surface area contributed by atoms with Crippen molar-refractivity contribution >= 4 is 0 Å². The van der Waals surface area contributed by atoms with Crippen molar-refractivity contribution in [2.24, 2.45) is 0 Å². The van der Waals surface area contributed by atoms with Crippen LogP contribution in [0.2, 0.25) is 0 Å². The van der Waals surface area contributed by atoms with Crippen molar-refractivity contribution in [2.75, 3.05) is 34.3 Å². The molecular weight excluding hydrogens is 536 g/mol. The lowest BCUT2D eigenvalue weighted by molar-refractivity contribution is 0.0629. The lowest BCUT2D eigenvalue weighted by atomic mass is 9.94. The largest absolute Gasteiger partial charge is 0.508 e. The Labute approximate surface area is 263 Å². The van der Waals surface area contributed by atoms with Crippen molar-refractivity contribution in [3.8, 4) is 17.2 Å². The van der Waals surface area contributed by atoms with Crippen LogP contribution >= 0.6 is 0 Å². The maximum atomic E-state index is 9.68. The minimum Gasteiger partial charge on any atom is -0.508 e. The molecule has 0 aliphatic carbocycles. The van der Waals surface area contributed by atoms with E-state index in [2.05, 4.69) is 47.6 Å². The number of rotatable bonds is 13. The van der Waals surface area contributed by atoms with Crippen LogP contribution in [0.15, 0.2) is 60.7 Å². The van der Waals surface area contributed by atoms with Gasteiger partial charge in [-0.15, -0.1) is 0 Å². The molecule has 0 radical (unpaired) electrons. The number of nitrogens with zero attached hydrogens (tertiary/aromatic N) is 2. The molecule has 242 valence electrons. The van der Waals surface area contributed by atoms with Gasteiger partial charge in [-0.05, 0) is 94.2 Å². The monoisotopic (exact) mass is 596 g/mol. The molecule has 0 amide bonds. The second-order valence-corrected chi connectivity index (χ2v) is 10.6. The van der Waals surface area contributed by atoms with Crippen molar-refractivity contribution in [1.82, 2.24) is 9.80 Å². The molecule has 0 atom stereocenters. The zero-order valence-electron chi connectivity index (χ0n) is 28.7. The average molecular weight is 597 g/mol. The van der Waals surface area contributed by atoms with Crippen LogP contribution in [0.1, 0.15) is 88.1 Å². The fraction of sp³-hybridized carbons (Fsp3) is 0.514. The van der Waals surface area contributed by atoms with Gasteiger partial charge in [-0.1, -0.05) is 90.3 Å². The van der Waals surface area contributed by atoms with Gasteiger partial charge in [-0.2, -0.15) is 0 Å². The number of ether oxygens (including phenoxy) is 2. The Morgan fingerprint density at radius 2 is 1.28 bits per heavy atom. The maximum absolute atomic E-state index is 9.68. The van der Waals surface area contributed by atoms with Crippen LogP contribution in [-0.2, 0) is 13.0 Å². The number of phenolic OH excluding ortho intramolecular Hbond substituents is 1. The average Bonchev–Trinajstić information content (AvgIpc) is 3.02. The fourth-order valence-electron chi connectivity index (χ4n) is 3.96. The Morgan fingerprint density at radius 3 is 1.86 bits per heavy atom. The number of hydrogen-bond donors (Lipinski definition) is 2. The molecule has 0 unspecified atom stereocenters. The lowest BCUT2D eigenvalue weighted by Crippen LogP contribution is -2.24. The number of unbranched alkanes of at least 4 members (excludes halogenated alkanes) is 2. The summed E-state index contributed by atoms with van der Waals surface area (Å²) in [6.07, 6.45) is 6.12. The summed E-state index contributed by atoms with van der Waals surface area (Å²) in [5, 5.41) is 18.7. The minimum atomic E-state index is 0.00719. The van der Waals surface area contributed by atoms with Crippen LogP contribution in [0.25, 0.3) is 0 Å². The summed E-state index contributed by atoms with van der Waals surface area (Å²) in [7, 11) is 3.79. The molecule has 0 bridgehead atoms. The normalized spacial score (nSPS) is 10.2. The highest BCUT2D eigenvalue weighted by atomic mass is 16.5. The number of hydrogen-bond acceptors (Lipinski definition) is 6. The van der Waals surface area contributed by atoms with Gasteiger partial charge < -0.3 is 19.7 Å². The minimum absolute atomic E-state index is 0.00719. The van der Waals surface area contributed by atoms with Crippen LogP contribution < -0.4 is 9.47 Å². The van der Waals surface area contributed by atoms with Gasteiger partial charge in [-0.25, -0.2) is 0 Å². The van der Waals surface area contributed by atoms with Crippen molar-refractivity contribution in [3.63, 3.8) is 0 Å². The molecule has 0 saturated carbocycles. The van der Waals surface area contributed by atoms with E-state index in [9.17, 15) is 5.11 Å². The van der Waals surface area contributed by atoms with Crippen LogP contribution in [0, 0.1) is 20.8 Å². The summed E-state index contributed by atoms with van der Waals surface area (Å²) in [5.41, 5.74) is 6.20. The molecule has 43 heavy (non-hydrogen) atoms. The smallest absolute Gasteiger partial charge is 0.143 e. The molecule has 0 spiro atoms.